The number of carbonyl (C=O) groups is 1. The summed E-state index contributed by atoms with van der Waals surface area (Å²) in [6.45, 7) is 1.00. The molecule has 15 heteroatoms. The molecule has 3 aromatic rings. The van der Waals surface area contributed by atoms with Crippen molar-refractivity contribution in [1.82, 2.24) is 0 Å². The molecule has 0 bridgehead atoms. The molecule has 0 saturated heterocycles. The first-order chi connectivity index (χ1) is 20.4. The van der Waals surface area contributed by atoms with Gasteiger partial charge in [0, 0.05) is 6.42 Å². The fourth-order valence-electron chi connectivity index (χ4n) is 4.35. The van der Waals surface area contributed by atoms with E-state index < -0.39 is 68.2 Å². The summed E-state index contributed by atoms with van der Waals surface area (Å²) in [6, 6.07) is 15.3. The highest BCUT2D eigenvalue weighted by Crippen LogP contribution is 2.39. The monoisotopic (exact) mass is 654 g/mol. The Kier molecular flexibility index (Phi) is 8.99. The van der Waals surface area contributed by atoms with E-state index >= 15 is 0 Å². The molecular formula is C29H26F4N2O7S2. The number of alkyl halides is 3. The van der Waals surface area contributed by atoms with Gasteiger partial charge >= 0.3 is 12.1 Å². The minimum Gasteiger partial charge on any atom is -0.486 e. The van der Waals surface area contributed by atoms with Crippen molar-refractivity contribution in [3.63, 3.8) is 0 Å². The molecule has 1 atom stereocenters. The summed E-state index contributed by atoms with van der Waals surface area (Å²) in [6.07, 6.45) is -6.63. The van der Waals surface area contributed by atoms with E-state index in [0.717, 1.165) is 28.6 Å². The number of nitrogens with zero attached hydrogens (tertiary/aromatic N) is 2. The Morgan fingerprint density at radius 3 is 2.34 bits per heavy atom. The van der Waals surface area contributed by atoms with E-state index in [9.17, 15) is 44.5 Å². The summed E-state index contributed by atoms with van der Waals surface area (Å²) in [5.41, 5.74) is -2.76. The molecule has 0 fully saturated rings. The highest BCUT2D eigenvalue weighted by atomic mass is 32.2. The normalized spacial score (nSPS) is 15.6. The lowest BCUT2D eigenvalue weighted by Gasteiger charge is -2.36. The number of nitriles is 1. The fourth-order valence-corrected chi connectivity index (χ4v) is 7.38. The number of hydrogen-bond donors (Lipinski definition) is 0. The van der Waals surface area contributed by atoms with E-state index in [2.05, 4.69) is 4.74 Å². The number of anilines is 1. The third-order valence-corrected chi connectivity index (χ3v) is 10.4. The molecule has 0 aliphatic carbocycles. The van der Waals surface area contributed by atoms with Crippen molar-refractivity contribution in [3.8, 4) is 11.8 Å². The summed E-state index contributed by atoms with van der Waals surface area (Å²) >= 11 is 0. The van der Waals surface area contributed by atoms with Crippen LogP contribution in [0.3, 0.4) is 0 Å². The second-order valence-electron chi connectivity index (χ2n) is 10.4. The molecule has 1 aliphatic rings. The third kappa shape index (κ3) is 6.97. The van der Waals surface area contributed by atoms with Gasteiger partial charge in [-0.2, -0.15) is 18.4 Å². The van der Waals surface area contributed by atoms with Gasteiger partial charge in [-0.1, -0.05) is 18.2 Å². The third-order valence-electron chi connectivity index (χ3n) is 6.81. The zero-order valence-electron chi connectivity index (χ0n) is 23.3. The molecule has 3 aromatic carbocycles. The fraction of sp³-hybridized carbons (Fsp3) is 0.310. The van der Waals surface area contributed by atoms with E-state index in [1.165, 1.54) is 42.5 Å². The van der Waals surface area contributed by atoms with Gasteiger partial charge in [-0.05, 0) is 67.9 Å². The van der Waals surface area contributed by atoms with Crippen LogP contribution in [0.15, 0.2) is 76.5 Å². The van der Waals surface area contributed by atoms with Crippen molar-refractivity contribution in [1.29, 1.82) is 5.26 Å². The van der Waals surface area contributed by atoms with Gasteiger partial charge in [-0.3, -0.25) is 9.10 Å². The number of ether oxygens (including phenoxy) is 2. The number of rotatable bonds is 9. The minimum absolute atomic E-state index is 0.00509. The number of sulfone groups is 1. The van der Waals surface area contributed by atoms with E-state index in [-0.39, 0.29) is 38.8 Å². The molecule has 0 saturated carbocycles. The molecule has 1 aliphatic heterocycles. The minimum atomic E-state index is -4.83. The van der Waals surface area contributed by atoms with Crippen LogP contribution in [0.5, 0.6) is 5.75 Å². The number of benzene rings is 3. The van der Waals surface area contributed by atoms with Crippen LogP contribution in [0, 0.1) is 17.1 Å². The smallest absolute Gasteiger partial charge is 0.427 e. The molecule has 1 heterocycles. The number of fused-ring (bicyclic) bond motifs is 1. The maximum atomic E-state index is 13.7. The first-order valence-corrected chi connectivity index (χ1v) is 16.1. The van der Waals surface area contributed by atoms with Crippen LogP contribution in [0.25, 0.3) is 0 Å². The molecule has 4 rings (SSSR count). The van der Waals surface area contributed by atoms with Gasteiger partial charge in [0.05, 0.1) is 39.8 Å². The maximum absolute atomic E-state index is 13.7. The molecule has 0 aromatic heterocycles. The molecule has 44 heavy (non-hydrogen) atoms. The summed E-state index contributed by atoms with van der Waals surface area (Å²) in [7, 11) is -8.38. The first-order valence-electron chi connectivity index (χ1n) is 13.0. The Morgan fingerprint density at radius 1 is 1.05 bits per heavy atom. The van der Waals surface area contributed by atoms with E-state index in [1.54, 1.807) is 0 Å². The Labute approximate surface area is 251 Å². The van der Waals surface area contributed by atoms with Crippen molar-refractivity contribution in [2.75, 3.05) is 16.6 Å². The van der Waals surface area contributed by atoms with Crippen molar-refractivity contribution < 1.29 is 48.7 Å². The lowest BCUT2D eigenvalue weighted by Crippen LogP contribution is -2.44. The van der Waals surface area contributed by atoms with Crippen molar-refractivity contribution in [3.05, 3.63) is 83.7 Å². The van der Waals surface area contributed by atoms with Gasteiger partial charge in [0.1, 0.15) is 23.7 Å². The first kappa shape index (κ1) is 32.7. The number of esters is 1. The molecular weight excluding hydrogens is 628 g/mol. The van der Waals surface area contributed by atoms with Crippen molar-refractivity contribution in [2.24, 2.45) is 0 Å². The van der Waals surface area contributed by atoms with Crippen LogP contribution in [-0.2, 0) is 35.8 Å². The summed E-state index contributed by atoms with van der Waals surface area (Å²) in [5, 5.41) is 9.31. The molecule has 0 amide bonds. The van der Waals surface area contributed by atoms with Crippen molar-refractivity contribution >= 4 is 31.5 Å². The Hall–Kier alpha value is -4.16. The maximum Gasteiger partial charge on any atom is 0.427 e. The van der Waals surface area contributed by atoms with E-state index in [4.69, 9.17) is 4.74 Å². The van der Waals surface area contributed by atoms with E-state index in [0.29, 0.717) is 13.8 Å². The predicted octanol–water partition coefficient (Wildman–Crippen LogP) is 4.94. The largest absolute Gasteiger partial charge is 0.486 e. The number of carbonyl (C=O) groups excluding carboxylic acids is 1. The SMILES string of the molecule is CC(C)(OC(=O)Cc1ccc2c(c1)N(S(=O)(=O)c1ccc(F)cc1)C[C@H](CCS(=O)(=O)c1ccccc1C#N)O2)C(F)(F)F. The van der Waals surface area contributed by atoms with Crippen LogP contribution in [0.1, 0.15) is 31.4 Å². The second-order valence-corrected chi connectivity index (χ2v) is 14.3. The summed E-state index contributed by atoms with van der Waals surface area (Å²) in [5.74, 6) is -2.39. The lowest BCUT2D eigenvalue weighted by atomic mass is 10.1. The van der Waals surface area contributed by atoms with Gasteiger partial charge in [-0.15, -0.1) is 0 Å². The van der Waals surface area contributed by atoms with Gasteiger partial charge in [-0.25, -0.2) is 21.2 Å². The Balaban J connectivity index is 1.65. The molecule has 0 spiro atoms. The number of sulfonamides is 1. The van der Waals surface area contributed by atoms with Gasteiger partial charge < -0.3 is 9.47 Å². The molecule has 0 N–H and O–H groups in total. The molecule has 9 nitrogen and oxygen atoms in total. The lowest BCUT2D eigenvalue weighted by molar-refractivity contribution is -0.257. The zero-order chi connectivity index (χ0) is 32.5. The van der Waals surface area contributed by atoms with Gasteiger partial charge in [0.15, 0.2) is 9.84 Å². The molecule has 0 radical (unpaired) electrons. The van der Waals surface area contributed by atoms with Crippen LogP contribution in [0.2, 0.25) is 0 Å². The molecule has 234 valence electrons. The van der Waals surface area contributed by atoms with Crippen molar-refractivity contribution in [2.45, 2.75) is 54.4 Å². The van der Waals surface area contributed by atoms with Crippen LogP contribution in [-0.4, -0.2) is 53.0 Å². The van der Waals surface area contributed by atoms with Crippen LogP contribution < -0.4 is 9.04 Å². The van der Waals surface area contributed by atoms with E-state index in [1.807, 2.05) is 6.07 Å². The quantitative estimate of drug-likeness (QED) is 0.234. The predicted molar refractivity (Wildman–Crippen MR) is 150 cm³/mol. The standard InChI is InChI=1S/C29H26F4N2O7S2/c1-28(2,29(31,32)33)42-27(36)16-19-7-12-25-24(15-19)35(44(39,40)23-10-8-21(30)9-11-23)18-22(41-25)13-14-43(37,38)26-6-4-3-5-20(26)17-34/h3-12,15,22H,13-14,16,18H2,1-2H3/t22-/m0/s1. The summed E-state index contributed by atoms with van der Waals surface area (Å²) < 4.78 is 118. The average Bonchev–Trinajstić information content (AvgIpc) is 2.95. The van der Waals surface area contributed by atoms with Crippen LogP contribution >= 0.6 is 0 Å². The highest BCUT2D eigenvalue weighted by Gasteiger charge is 2.50. The second kappa shape index (κ2) is 12.1. The highest BCUT2D eigenvalue weighted by molar-refractivity contribution is 7.93. The Morgan fingerprint density at radius 2 is 1.70 bits per heavy atom. The topological polar surface area (TPSA) is 131 Å². The zero-order valence-corrected chi connectivity index (χ0v) is 25.0. The van der Waals surface area contributed by atoms with Gasteiger partial charge in [0.25, 0.3) is 10.0 Å². The van der Waals surface area contributed by atoms with Crippen LogP contribution in [0.4, 0.5) is 23.2 Å². The summed E-state index contributed by atoms with van der Waals surface area (Å²) in [4.78, 5) is 11.9. The molecule has 0 unspecified atom stereocenters. The Bertz CT molecular complexity index is 1820. The number of hydrogen-bond acceptors (Lipinski definition) is 8. The number of halogens is 4. The van der Waals surface area contributed by atoms with Gasteiger partial charge in [0.2, 0.25) is 5.60 Å². The average molecular weight is 655 g/mol.